The third-order valence-electron chi connectivity index (χ3n) is 16.5. The predicted octanol–water partition coefficient (Wildman–Crippen LogP) is 9.05. The molecule has 1 amide bonds. The number of hydrogen-bond donors (Lipinski definition) is 12. The van der Waals surface area contributed by atoms with E-state index in [9.17, 15) is 61.0 Å². The van der Waals surface area contributed by atoms with Crippen LogP contribution in [0.1, 0.15) is 206 Å². The lowest BCUT2D eigenvalue weighted by atomic mass is 9.96. The van der Waals surface area contributed by atoms with Crippen molar-refractivity contribution in [3.05, 3.63) is 109 Å². The number of allylic oxidation sites excluding steroid dienone is 17. The molecule has 0 bridgehead atoms. The van der Waals surface area contributed by atoms with Gasteiger partial charge in [0.1, 0.15) is 73.2 Å². The molecule has 12 N–H and O–H groups in total. The zero-order chi connectivity index (χ0) is 66.1. The summed E-state index contributed by atoms with van der Waals surface area (Å²) in [5, 5.41) is 120. The highest BCUT2D eigenvalue weighted by Gasteiger charge is 2.53. The highest BCUT2D eigenvalue weighted by atomic mass is 16.8. The van der Waals surface area contributed by atoms with E-state index < -0.39 is 124 Å². The first kappa shape index (κ1) is 81.7. The van der Waals surface area contributed by atoms with Gasteiger partial charge in [0.25, 0.3) is 0 Å². The standard InChI is InChI=1S/C72H121NO18/c1-3-5-7-9-11-13-15-17-19-21-22-23-24-25-26-27-28-29-30-31-32-34-36-38-40-42-44-46-48-50-60(78)73-55(56(77)49-47-45-43-41-39-37-35-33-20-18-16-14-12-10-8-6-4-2)54-86-70-66(84)63(81)68(58(52-75)88-70)91-72-67(85)64(82)69(59(53-76)89-72)90-71-65(83)62(80)61(79)57(51-74)87-71/h5,7,11,13,17,19-20,22-23,25-26,28-29,33,39,41,47,49,55-59,61-72,74-77,79-85H,3-4,6,8-10,12,14-16,18,21,24,27,30-32,34-38,40,42-46,48,50-54H2,1-2H3,(H,73,78)/b7-5-,13-11-,19-17-,23-22-,26-25-,29-28-,33-20+,41-39+,49-47+. The van der Waals surface area contributed by atoms with Crippen LogP contribution in [0.25, 0.3) is 0 Å². The fraction of sp³-hybridized carbons (Fsp3) is 0.736. The molecule has 522 valence electrons. The predicted molar refractivity (Wildman–Crippen MR) is 355 cm³/mol. The molecule has 19 heteroatoms. The molecule has 0 saturated carbocycles. The van der Waals surface area contributed by atoms with E-state index >= 15 is 0 Å². The Morgan fingerprint density at radius 1 is 0.407 bits per heavy atom. The lowest BCUT2D eigenvalue weighted by molar-refractivity contribution is -0.379. The second kappa shape index (κ2) is 52.7. The van der Waals surface area contributed by atoms with Crippen molar-refractivity contribution < 1.29 is 89.4 Å². The fourth-order valence-corrected chi connectivity index (χ4v) is 10.9. The maximum absolute atomic E-state index is 13.4. The Bertz CT molecular complexity index is 2070. The van der Waals surface area contributed by atoms with Crippen molar-refractivity contribution in [2.75, 3.05) is 26.4 Å². The summed E-state index contributed by atoms with van der Waals surface area (Å²) in [6, 6.07) is -1.01. The Labute approximate surface area is 545 Å². The van der Waals surface area contributed by atoms with E-state index in [-0.39, 0.29) is 18.9 Å². The Morgan fingerprint density at radius 2 is 0.769 bits per heavy atom. The van der Waals surface area contributed by atoms with Crippen molar-refractivity contribution in [1.82, 2.24) is 5.32 Å². The maximum Gasteiger partial charge on any atom is 0.220 e. The molecule has 17 atom stereocenters. The monoisotopic (exact) mass is 1290 g/mol. The molecule has 0 radical (unpaired) electrons. The van der Waals surface area contributed by atoms with Gasteiger partial charge in [0.2, 0.25) is 5.91 Å². The topological polar surface area (TPSA) is 307 Å². The minimum absolute atomic E-state index is 0.219. The lowest BCUT2D eigenvalue weighted by Crippen LogP contribution is -2.66. The van der Waals surface area contributed by atoms with Gasteiger partial charge in [-0.2, -0.15) is 0 Å². The van der Waals surface area contributed by atoms with Gasteiger partial charge in [0.15, 0.2) is 18.9 Å². The van der Waals surface area contributed by atoms with E-state index in [4.69, 9.17) is 28.4 Å². The Balaban J connectivity index is 1.44. The summed E-state index contributed by atoms with van der Waals surface area (Å²) in [6.45, 7) is 1.56. The van der Waals surface area contributed by atoms with Crippen molar-refractivity contribution >= 4 is 5.91 Å². The molecule has 3 aliphatic heterocycles. The van der Waals surface area contributed by atoms with Crippen LogP contribution >= 0.6 is 0 Å². The maximum atomic E-state index is 13.4. The highest BCUT2D eigenvalue weighted by molar-refractivity contribution is 5.76. The first-order valence-electron chi connectivity index (χ1n) is 34.6. The third-order valence-corrected chi connectivity index (χ3v) is 16.5. The van der Waals surface area contributed by atoms with E-state index in [0.29, 0.717) is 12.8 Å². The number of aliphatic hydroxyl groups excluding tert-OH is 11. The summed E-state index contributed by atoms with van der Waals surface area (Å²) in [5.74, 6) is -0.299. The van der Waals surface area contributed by atoms with Gasteiger partial charge in [-0.15, -0.1) is 0 Å². The minimum Gasteiger partial charge on any atom is -0.394 e. The van der Waals surface area contributed by atoms with Crippen molar-refractivity contribution in [3.8, 4) is 0 Å². The number of carbonyl (C=O) groups excluding carboxylic acids is 1. The van der Waals surface area contributed by atoms with Gasteiger partial charge in [-0.25, -0.2) is 0 Å². The Morgan fingerprint density at radius 3 is 1.23 bits per heavy atom. The van der Waals surface area contributed by atoms with Crippen molar-refractivity contribution in [3.63, 3.8) is 0 Å². The number of aliphatic hydroxyl groups is 11. The molecule has 0 aromatic heterocycles. The zero-order valence-corrected chi connectivity index (χ0v) is 55.0. The normalized spacial score (nSPS) is 28.6. The summed E-state index contributed by atoms with van der Waals surface area (Å²) in [4.78, 5) is 13.4. The van der Waals surface area contributed by atoms with Crippen LogP contribution in [0.2, 0.25) is 0 Å². The first-order chi connectivity index (χ1) is 44.3. The molecule has 19 nitrogen and oxygen atoms in total. The van der Waals surface area contributed by atoms with E-state index in [1.54, 1.807) is 6.08 Å². The molecule has 0 aromatic carbocycles. The average molecular weight is 1290 g/mol. The fourth-order valence-electron chi connectivity index (χ4n) is 10.9. The third kappa shape index (κ3) is 34.6. The van der Waals surface area contributed by atoms with Crippen LogP contribution in [0.15, 0.2) is 109 Å². The van der Waals surface area contributed by atoms with Gasteiger partial charge in [-0.1, -0.05) is 213 Å². The van der Waals surface area contributed by atoms with E-state index in [1.165, 1.54) is 77.0 Å². The van der Waals surface area contributed by atoms with Gasteiger partial charge < -0.3 is 89.9 Å². The van der Waals surface area contributed by atoms with E-state index in [2.05, 4.69) is 116 Å². The highest BCUT2D eigenvalue weighted by Crippen LogP contribution is 2.33. The SMILES string of the molecule is CC/C=C\C/C=C\C/C=C\C/C=C\C/C=C\C/C=C\CCCCCCCCCCCCC(=O)NC(COC1OC(CO)C(OC2OC(CO)C(OC3OC(CO)C(O)C(O)C3O)C(O)C2O)C(O)C1O)C(O)/C=C/CC/C=C/CC/C=C/CCCCCCCCC. The number of hydrogen-bond acceptors (Lipinski definition) is 18. The Kier molecular flexibility index (Phi) is 47.3. The molecule has 91 heavy (non-hydrogen) atoms. The second-order valence-corrected chi connectivity index (χ2v) is 24.2. The molecule has 0 aliphatic carbocycles. The molecular weight excluding hydrogens is 1170 g/mol. The molecule has 3 aliphatic rings. The average Bonchev–Trinajstić information content (AvgIpc) is 0.884. The quantitative estimate of drug-likeness (QED) is 0.0200. The summed E-state index contributed by atoms with van der Waals surface area (Å²) < 4.78 is 34.3. The first-order valence-corrected chi connectivity index (χ1v) is 34.6. The van der Waals surface area contributed by atoms with Crippen LogP contribution in [-0.4, -0.2) is 193 Å². The van der Waals surface area contributed by atoms with Gasteiger partial charge in [-0.3, -0.25) is 4.79 Å². The lowest BCUT2D eigenvalue weighted by Gasteiger charge is -2.48. The number of unbranched alkanes of at least 4 members (excludes halogenated alkanes) is 19. The zero-order valence-electron chi connectivity index (χ0n) is 55.0. The van der Waals surface area contributed by atoms with E-state index in [1.807, 2.05) is 6.08 Å². The molecule has 3 rings (SSSR count). The number of nitrogens with one attached hydrogen (secondary N) is 1. The summed E-state index contributed by atoms with van der Waals surface area (Å²) in [7, 11) is 0. The van der Waals surface area contributed by atoms with Crippen molar-refractivity contribution in [2.45, 2.75) is 311 Å². The minimum atomic E-state index is -1.99. The van der Waals surface area contributed by atoms with Crippen LogP contribution in [0, 0.1) is 0 Å². The van der Waals surface area contributed by atoms with Crippen LogP contribution < -0.4 is 5.32 Å². The molecule has 3 fully saturated rings. The molecular formula is C72H121NO18. The number of rotatable bonds is 51. The van der Waals surface area contributed by atoms with Gasteiger partial charge in [0, 0.05) is 6.42 Å². The van der Waals surface area contributed by atoms with Gasteiger partial charge in [-0.05, 0) is 96.3 Å². The summed E-state index contributed by atoms with van der Waals surface area (Å²) in [6.07, 6.45) is 43.4. The summed E-state index contributed by atoms with van der Waals surface area (Å²) >= 11 is 0. The van der Waals surface area contributed by atoms with Gasteiger partial charge in [0.05, 0.1) is 38.6 Å². The molecule has 3 heterocycles. The molecule has 17 unspecified atom stereocenters. The summed E-state index contributed by atoms with van der Waals surface area (Å²) in [5.41, 5.74) is 0. The molecule has 0 spiro atoms. The van der Waals surface area contributed by atoms with Crippen molar-refractivity contribution in [2.24, 2.45) is 0 Å². The number of carbonyl (C=O) groups is 1. The number of amides is 1. The van der Waals surface area contributed by atoms with Crippen LogP contribution in [-0.2, 0) is 33.2 Å². The van der Waals surface area contributed by atoms with Crippen LogP contribution in [0.4, 0.5) is 0 Å². The van der Waals surface area contributed by atoms with E-state index in [0.717, 1.165) is 96.3 Å². The smallest absolute Gasteiger partial charge is 0.220 e. The van der Waals surface area contributed by atoms with Gasteiger partial charge >= 0.3 is 0 Å². The molecule has 3 saturated heterocycles. The Hall–Kier alpha value is -3.55. The number of ether oxygens (including phenoxy) is 6. The molecule has 0 aromatic rings. The largest absolute Gasteiger partial charge is 0.394 e. The van der Waals surface area contributed by atoms with Crippen molar-refractivity contribution in [1.29, 1.82) is 0 Å². The van der Waals surface area contributed by atoms with Crippen LogP contribution in [0.3, 0.4) is 0 Å². The second-order valence-electron chi connectivity index (χ2n) is 24.2. The van der Waals surface area contributed by atoms with Crippen LogP contribution in [0.5, 0.6) is 0 Å².